The minimum Gasteiger partial charge on any atom is -0.466 e. The highest BCUT2D eigenvalue weighted by molar-refractivity contribution is 7.89. The molecule has 0 saturated carbocycles. The summed E-state index contributed by atoms with van der Waals surface area (Å²) in [5.74, 6) is 0.927. The monoisotopic (exact) mass is 364 g/mol. The number of amides is 1. The van der Waals surface area contributed by atoms with Gasteiger partial charge < -0.3 is 9.73 Å². The second kappa shape index (κ2) is 7.84. The Kier molecular flexibility index (Phi) is 6.02. The van der Waals surface area contributed by atoms with Crippen LogP contribution in [0.3, 0.4) is 0 Å². The molecule has 136 valence electrons. The quantitative estimate of drug-likeness (QED) is 0.814. The molecule has 6 nitrogen and oxygen atoms in total. The number of rotatable bonds is 7. The zero-order valence-electron chi connectivity index (χ0n) is 15.0. The summed E-state index contributed by atoms with van der Waals surface area (Å²) in [6.45, 7) is 6.00. The van der Waals surface area contributed by atoms with Gasteiger partial charge in [0.05, 0.1) is 10.5 Å². The lowest BCUT2D eigenvalue weighted by molar-refractivity contribution is 0.102. The molecule has 0 aliphatic rings. The minimum absolute atomic E-state index is 0.208. The number of sulfonamides is 1. The summed E-state index contributed by atoms with van der Waals surface area (Å²) in [6, 6.07) is 7.84. The molecule has 1 heterocycles. The average Bonchev–Trinajstić information content (AvgIpc) is 2.91. The van der Waals surface area contributed by atoms with Crippen molar-refractivity contribution in [3.63, 3.8) is 0 Å². The average molecular weight is 364 g/mol. The van der Waals surface area contributed by atoms with Gasteiger partial charge in [0.2, 0.25) is 10.0 Å². The van der Waals surface area contributed by atoms with Gasteiger partial charge >= 0.3 is 0 Å². The largest absolute Gasteiger partial charge is 0.466 e. The Morgan fingerprint density at radius 2 is 1.84 bits per heavy atom. The fourth-order valence-corrected chi connectivity index (χ4v) is 3.66. The highest BCUT2D eigenvalue weighted by Gasteiger charge is 2.20. The molecule has 0 unspecified atom stereocenters. The van der Waals surface area contributed by atoms with Gasteiger partial charge in [0, 0.05) is 19.3 Å². The zero-order chi connectivity index (χ0) is 18.6. The lowest BCUT2D eigenvalue weighted by atomic mass is 10.2. The third-order valence-electron chi connectivity index (χ3n) is 3.93. The number of unbranched alkanes of at least 4 members (excludes halogenated alkanes) is 1. The predicted molar refractivity (Wildman–Crippen MR) is 97.3 cm³/mol. The number of furan rings is 1. The molecule has 0 saturated heterocycles. The first kappa shape index (κ1) is 19.2. The van der Waals surface area contributed by atoms with Crippen LogP contribution < -0.4 is 5.32 Å². The standard InChI is InChI=1S/C18H24N2O4S/c1-5-6-11-20(4)25(22,23)16-9-7-15(8-10-16)19-18(21)17-12-13(2)24-14(17)3/h7-10,12H,5-6,11H2,1-4H3,(H,19,21). The van der Waals surface area contributed by atoms with E-state index in [-0.39, 0.29) is 10.8 Å². The Hall–Kier alpha value is -2.12. The molecule has 0 bridgehead atoms. The third kappa shape index (κ3) is 4.49. The van der Waals surface area contributed by atoms with Crippen molar-refractivity contribution in [1.29, 1.82) is 0 Å². The van der Waals surface area contributed by atoms with Gasteiger partial charge in [0.25, 0.3) is 5.91 Å². The van der Waals surface area contributed by atoms with Crippen molar-refractivity contribution < 1.29 is 17.6 Å². The summed E-state index contributed by atoms with van der Waals surface area (Å²) in [6.07, 6.45) is 1.74. The van der Waals surface area contributed by atoms with Gasteiger partial charge in [0.1, 0.15) is 11.5 Å². The van der Waals surface area contributed by atoms with E-state index in [1.54, 1.807) is 39.1 Å². The Morgan fingerprint density at radius 1 is 1.20 bits per heavy atom. The summed E-state index contributed by atoms with van der Waals surface area (Å²) in [7, 11) is -1.93. The van der Waals surface area contributed by atoms with Crippen molar-refractivity contribution in [2.75, 3.05) is 18.9 Å². The molecule has 0 atom stereocenters. The molecule has 0 fully saturated rings. The fourth-order valence-electron chi connectivity index (χ4n) is 2.45. The summed E-state index contributed by atoms with van der Waals surface area (Å²) < 4.78 is 31.6. The molecular weight excluding hydrogens is 340 g/mol. The first-order valence-corrected chi connectivity index (χ1v) is 9.64. The molecule has 0 spiro atoms. The van der Waals surface area contributed by atoms with Crippen LogP contribution in [0.15, 0.2) is 39.6 Å². The maximum absolute atomic E-state index is 12.5. The number of nitrogens with zero attached hydrogens (tertiary/aromatic N) is 1. The smallest absolute Gasteiger partial charge is 0.259 e. The van der Waals surface area contributed by atoms with Crippen molar-refractivity contribution in [3.05, 3.63) is 47.4 Å². The highest BCUT2D eigenvalue weighted by atomic mass is 32.2. The summed E-state index contributed by atoms with van der Waals surface area (Å²) in [4.78, 5) is 12.5. The van der Waals surface area contributed by atoms with Crippen molar-refractivity contribution in [2.45, 2.75) is 38.5 Å². The van der Waals surface area contributed by atoms with E-state index in [0.29, 0.717) is 29.3 Å². The lowest BCUT2D eigenvalue weighted by Gasteiger charge is -2.17. The number of anilines is 1. The van der Waals surface area contributed by atoms with E-state index in [1.165, 1.54) is 16.4 Å². The van der Waals surface area contributed by atoms with Crippen LogP contribution in [0.4, 0.5) is 5.69 Å². The summed E-state index contributed by atoms with van der Waals surface area (Å²) in [5, 5.41) is 2.75. The molecule has 1 N–H and O–H groups in total. The van der Waals surface area contributed by atoms with Gasteiger partial charge in [-0.1, -0.05) is 13.3 Å². The van der Waals surface area contributed by atoms with Gasteiger partial charge in [-0.15, -0.1) is 0 Å². The number of carbonyl (C=O) groups is 1. The van der Waals surface area contributed by atoms with Crippen LogP contribution in [0.5, 0.6) is 0 Å². The van der Waals surface area contributed by atoms with Gasteiger partial charge in [-0.05, 0) is 50.6 Å². The van der Waals surface area contributed by atoms with Crippen LogP contribution in [0.2, 0.25) is 0 Å². The second-order valence-electron chi connectivity index (χ2n) is 5.99. The van der Waals surface area contributed by atoms with E-state index in [9.17, 15) is 13.2 Å². The van der Waals surface area contributed by atoms with Crippen molar-refractivity contribution in [1.82, 2.24) is 4.31 Å². The number of benzene rings is 1. The fraction of sp³-hybridized carbons (Fsp3) is 0.389. The van der Waals surface area contributed by atoms with E-state index < -0.39 is 10.0 Å². The molecule has 1 aromatic heterocycles. The van der Waals surface area contributed by atoms with Crippen LogP contribution in [-0.2, 0) is 10.0 Å². The van der Waals surface area contributed by atoms with Crippen molar-refractivity contribution in [2.24, 2.45) is 0 Å². The molecule has 7 heteroatoms. The normalized spacial score (nSPS) is 11.7. The molecule has 2 aromatic rings. The Morgan fingerprint density at radius 3 is 2.36 bits per heavy atom. The van der Waals surface area contributed by atoms with E-state index in [2.05, 4.69) is 5.32 Å². The van der Waals surface area contributed by atoms with Gasteiger partial charge in [0.15, 0.2) is 0 Å². The summed E-state index contributed by atoms with van der Waals surface area (Å²) in [5.41, 5.74) is 0.993. The Bertz CT molecular complexity index is 838. The van der Waals surface area contributed by atoms with Crippen LogP contribution in [0.25, 0.3) is 0 Å². The Labute approximate surface area is 148 Å². The number of hydrogen-bond donors (Lipinski definition) is 1. The van der Waals surface area contributed by atoms with E-state index >= 15 is 0 Å². The first-order valence-electron chi connectivity index (χ1n) is 8.20. The molecule has 25 heavy (non-hydrogen) atoms. The Balaban J connectivity index is 2.12. The minimum atomic E-state index is -3.51. The molecule has 0 aliphatic heterocycles. The molecule has 0 radical (unpaired) electrons. The van der Waals surface area contributed by atoms with Crippen LogP contribution in [0.1, 0.15) is 41.6 Å². The van der Waals surface area contributed by atoms with Crippen LogP contribution in [-0.4, -0.2) is 32.2 Å². The lowest BCUT2D eigenvalue weighted by Crippen LogP contribution is -2.27. The van der Waals surface area contributed by atoms with E-state index in [0.717, 1.165) is 12.8 Å². The number of carbonyl (C=O) groups excluding carboxylic acids is 1. The van der Waals surface area contributed by atoms with Gasteiger partial charge in [-0.3, -0.25) is 4.79 Å². The molecule has 0 aliphatic carbocycles. The number of aryl methyl sites for hydroxylation is 2. The topological polar surface area (TPSA) is 79.6 Å². The third-order valence-corrected chi connectivity index (χ3v) is 5.80. The molecule has 1 aromatic carbocycles. The second-order valence-corrected chi connectivity index (χ2v) is 8.03. The van der Waals surface area contributed by atoms with Gasteiger partial charge in [-0.2, -0.15) is 0 Å². The van der Waals surface area contributed by atoms with Crippen LogP contribution >= 0.6 is 0 Å². The van der Waals surface area contributed by atoms with E-state index in [4.69, 9.17) is 4.42 Å². The number of nitrogens with one attached hydrogen (secondary N) is 1. The molecular formula is C18H24N2O4S. The van der Waals surface area contributed by atoms with Crippen molar-refractivity contribution >= 4 is 21.6 Å². The zero-order valence-corrected chi connectivity index (χ0v) is 15.8. The summed E-state index contributed by atoms with van der Waals surface area (Å²) >= 11 is 0. The van der Waals surface area contributed by atoms with Crippen LogP contribution in [0, 0.1) is 13.8 Å². The maximum atomic E-state index is 12.5. The van der Waals surface area contributed by atoms with Crippen molar-refractivity contribution in [3.8, 4) is 0 Å². The highest BCUT2D eigenvalue weighted by Crippen LogP contribution is 2.20. The van der Waals surface area contributed by atoms with E-state index in [1.807, 2.05) is 6.92 Å². The predicted octanol–water partition coefficient (Wildman–Crippen LogP) is 3.57. The molecule has 2 rings (SSSR count). The SMILES string of the molecule is CCCCN(C)S(=O)(=O)c1ccc(NC(=O)c2cc(C)oc2C)cc1. The molecule has 1 amide bonds. The van der Waals surface area contributed by atoms with Gasteiger partial charge in [-0.25, -0.2) is 12.7 Å². The number of hydrogen-bond acceptors (Lipinski definition) is 4. The maximum Gasteiger partial charge on any atom is 0.259 e. The first-order chi connectivity index (χ1) is 11.8.